The van der Waals surface area contributed by atoms with Gasteiger partial charge in [0, 0.05) is 12.8 Å². The van der Waals surface area contributed by atoms with E-state index >= 15 is 0 Å². The van der Waals surface area contributed by atoms with Gasteiger partial charge in [-0.15, -0.1) is 0 Å². The predicted molar refractivity (Wildman–Crippen MR) is 297 cm³/mol. The maximum Gasteiger partial charge on any atom is 0.472 e. The minimum Gasteiger partial charge on any atom is -0.462 e. The molecule has 0 fully saturated rings. The zero-order chi connectivity index (χ0) is 52.7. The average molecular weight is 1030 g/mol. The van der Waals surface area contributed by atoms with Gasteiger partial charge in [-0.05, 0) is 96.3 Å². The molecule has 0 spiro atoms. The molecule has 0 saturated carbocycles. The molecule has 0 aliphatic rings. The summed E-state index contributed by atoms with van der Waals surface area (Å²) in [5.41, 5.74) is 0. The van der Waals surface area contributed by atoms with E-state index in [0.29, 0.717) is 19.3 Å². The first kappa shape index (κ1) is 67.9. The van der Waals surface area contributed by atoms with Crippen LogP contribution in [0.4, 0.5) is 0 Å². The molecule has 0 aromatic carbocycles. The number of aliphatic hydroxyl groups is 1. The standard InChI is InChI=1S/C60H97O11P/c1-4-7-10-13-16-19-22-25-27-28-30-32-34-37-40-43-46-49-58(62)67-53-57(71-60(64)51-48-45-42-39-36-33-29-26-23-20-17-14-11-8-5-2)55-69-72(65,66)68-54-56(52-61)70-59(63)50-47-44-41-38-35-31-24-21-18-15-12-9-6-3/h8-9,11-12,17-18,20-21,25-27,29,31,35-36,39,41,44-45,48,56-57,61H,4-7,10,13-16,19,22-24,28,30,32-34,37-38,40,42-43,46-47,49-55H2,1-3H3,(H,65,66)/b11-8-,12-9-,20-17-,21-18-,27-25-,29-26-,35-31-,39-36-,44-41-,48-45-. The third kappa shape index (κ3) is 50.8. The zero-order valence-corrected chi connectivity index (χ0v) is 45.7. The molecule has 0 saturated heterocycles. The Bertz CT molecular complexity index is 1670. The van der Waals surface area contributed by atoms with Crippen LogP contribution in [0.15, 0.2) is 122 Å². The number of rotatable bonds is 49. The number of phosphoric acid groups is 1. The van der Waals surface area contributed by atoms with Gasteiger partial charge in [0.1, 0.15) is 12.7 Å². The van der Waals surface area contributed by atoms with Crippen molar-refractivity contribution in [2.24, 2.45) is 0 Å². The number of unbranched alkanes of at least 4 members (excludes halogenated alkanes) is 13. The van der Waals surface area contributed by atoms with E-state index in [2.05, 4.69) is 99.8 Å². The van der Waals surface area contributed by atoms with Crippen LogP contribution in [-0.4, -0.2) is 66.5 Å². The van der Waals surface area contributed by atoms with Gasteiger partial charge < -0.3 is 24.2 Å². The fourth-order valence-electron chi connectivity index (χ4n) is 6.79. The summed E-state index contributed by atoms with van der Waals surface area (Å²) in [6.45, 7) is 4.19. The first-order valence-corrected chi connectivity index (χ1v) is 28.9. The number of hydrogen-bond acceptors (Lipinski definition) is 10. The van der Waals surface area contributed by atoms with Crippen molar-refractivity contribution in [2.45, 2.75) is 213 Å². The van der Waals surface area contributed by atoms with E-state index in [1.165, 1.54) is 64.2 Å². The van der Waals surface area contributed by atoms with Gasteiger partial charge in [-0.1, -0.05) is 206 Å². The Kier molecular flexibility index (Phi) is 50.1. The second-order valence-electron chi connectivity index (χ2n) is 17.6. The van der Waals surface area contributed by atoms with Crippen molar-refractivity contribution in [2.75, 3.05) is 26.4 Å². The van der Waals surface area contributed by atoms with E-state index < -0.39 is 57.8 Å². The molecule has 3 atom stereocenters. The highest BCUT2D eigenvalue weighted by Crippen LogP contribution is 2.43. The van der Waals surface area contributed by atoms with Gasteiger partial charge in [-0.2, -0.15) is 0 Å². The largest absolute Gasteiger partial charge is 0.472 e. The average Bonchev–Trinajstić information content (AvgIpc) is 3.37. The van der Waals surface area contributed by atoms with E-state index in [1.54, 1.807) is 6.08 Å². The lowest BCUT2D eigenvalue weighted by atomic mass is 10.1. The highest BCUT2D eigenvalue weighted by molar-refractivity contribution is 7.47. The minimum absolute atomic E-state index is 0.0427. The van der Waals surface area contributed by atoms with Gasteiger partial charge in [-0.25, -0.2) is 4.57 Å². The Morgan fingerprint density at radius 1 is 0.417 bits per heavy atom. The van der Waals surface area contributed by atoms with Crippen molar-refractivity contribution >= 4 is 25.7 Å². The third-order valence-electron chi connectivity index (χ3n) is 10.9. The molecule has 11 nitrogen and oxygen atoms in total. The summed E-state index contributed by atoms with van der Waals surface area (Å²) in [4.78, 5) is 48.3. The molecule has 0 heterocycles. The van der Waals surface area contributed by atoms with Crippen molar-refractivity contribution in [1.82, 2.24) is 0 Å². The summed E-state index contributed by atoms with van der Waals surface area (Å²) in [5.74, 6) is -1.72. The van der Waals surface area contributed by atoms with Gasteiger partial charge in [0.2, 0.25) is 0 Å². The molecule has 3 unspecified atom stereocenters. The van der Waals surface area contributed by atoms with Crippen LogP contribution in [0.3, 0.4) is 0 Å². The van der Waals surface area contributed by atoms with E-state index in [4.69, 9.17) is 23.3 Å². The van der Waals surface area contributed by atoms with Crippen molar-refractivity contribution in [3.8, 4) is 0 Å². The van der Waals surface area contributed by atoms with Gasteiger partial charge in [0.15, 0.2) is 6.10 Å². The number of phosphoric ester groups is 1. The molecule has 0 amide bonds. The molecular weight excluding hydrogens is 928 g/mol. The van der Waals surface area contributed by atoms with Gasteiger partial charge >= 0.3 is 25.7 Å². The summed E-state index contributed by atoms with van der Waals surface area (Å²) in [6, 6.07) is 0. The van der Waals surface area contributed by atoms with Crippen LogP contribution >= 0.6 is 7.82 Å². The number of hydrogen-bond donors (Lipinski definition) is 2. The number of carbonyl (C=O) groups is 3. The molecule has 2 N–H and O–H groups in total. The Balaban J connectivity index is 4.91. The van der Waals surface area contributed by atoms with Crippen LogP contribution in [0.2, 0.25) is 0 Å². The Morgan fingerprint density at radius 2 is 0.806 bits per heavy atom. The lowest BCUT2D eigenvalue weighted by Gasteiger charge is -2.21. The molecule has 0 radical (unpaired) electrons. The van der Waals surface area contributed by atoms with Crippen LogP contribution < -0.4 is 0 Å². The Hall–Kier alpha value is -4.12. The quantitative estimate of drug-likeness (QED) is 0.0197. The molecule has 0 aliphatic heterocycles. The lowest BCUT2D eigenvalue weighted by molar-refractivity contribution is -0.160. The number of aliphatic hydroxyl groups excluding tert-OH is 1. The predicted octanol–water partition coefficient (Wildman–Crippen LogP) is 16.0. The fraction of sp³-hybridized carbons (Fsp3) is 0.617. The number of allylic oxidation sites excluding steroid dienone is 19. The topological polar surface area (TPSA) is 155 Å². The molecule has 408 valence electrons. The van der Waals surface area contributed by atoms with Crippen LogP contribution in [0, 0.1) is 0 Å². The normalized spacial score (nSPS) is 14.3. The highest BCUT2D eigenvalue weighted by Gasteiger charge is 2.28. The van der Waals surface area contributed by atoms with Crippen LogP contribution in [0.5, 0.6) is 0 Å². The molecule has 0 aliphatic carbocycles. The smallest absolute Gasteiger partial charge is 0.462 e. The highest BCUT2D eigenvalue weighted by atomic mass is 31.2. The van der Waals surface area contributed by atoms with Crippen LogP contribution in [-0.2, 0) is 42.2 Å². The molecule has 0 aromatic rings. The summed E-state index contributed by atoms with van der Waals surface area (Å²) in [7, 11) is -4.79. The van der Waals surface area contributed by atoms with Crippen molar-refractivity contribution in [3.05, 3.63) is 122 Å². The van der Waals surface area contributed by atoms with Gasteiger partial charge in [0.05, 0.1) is 26.2 Å². The van der Waals surface area contributed by atoms with Crippen molar-refractivity contribution in [1.29, 1.82) is 0 Å². The summed E-state index contributed by atoms with van der Waals surface area (Å²) in [5, 5.41) is 9.77. The fourth-order valence-corrected chi connectivity index (χ4v) is 7.58. The Morgan fingerprint density at radius 3 is 1.28 bits per heavy atom. The zero-order valence-electron chi connectivity index (χ0n) is 44.8. The monoisotopic (exact) mass is 1020 g/mol. The maximum absolute atomic E-state index is 12.9. The van der Waals surface area contributed by atoms with Crippen molar-refractivity contribution in [3.63, 3.8) is 0 Å². The van der Waals surface area contributed by atoms with Gasteiger partial charge in [-0.3, -0.25) is 23.4 Å². The summed E-state index contributed by atoms with van der Waals surface area (Å²) >= 11 is 0. The number of carbonyl (C=O) groups excluding carboxylic acids is 3. The summed E-state index contributed by atoms with van der Waals surface area (Å²) < 4.78 is 39.2. The molecular formula is C60H97O11P. The SMILES string of the molecule is CC/C=C\C/C=C\C/C=C\C/C=C\C/C=C\CC(=O)OC(COC(=O)CCCCCCCCC/C=C\CCCCCCCC)COP(=O)(O)OCC(CO)OC(=O)CC/C=C\C/C=C\C/C=C\C/C=C\CC. The van der Waals surface area contributed by atoms with E-state index in [0.717, 1.165) is 77.0 Å². The molecule has 72 heavy (non-hydrogen) atoms. The molecule has 12 heteroatoms. The second-order valence-corrected chi connectivity index (χ2v) is 19.1. The van der Waals surface area contributed by atoms with E-state index in [-0.39, 0.29) is 25.9 Å². The Labute approximate surface area is 437 Å². The first-order chi connectivity index (χ1) is 35.2. The van der Waals surface area contributed by atoms with Crippen LogP contribution in [0.25, 0.3) is 0 Å². The van der Waals surface area contributed by atoms with Crippen molar-refractivity contribution < 1.29 is 52.2 Å². The van der Waals surface area contributed by atoms with E-state index in [9.17, 15) is 28.9 Å². The maximum atomic E-state index is 12.9. The second kappa shape index (κ2) is 53.2. The number of ether oxygens (including phenoxy) is 3. The van der Waals surface area contributed by atoms with E-state index in [1.807, 2.05) is 36.5 Å². The summed E-state index contributed by atoms with van der Waals surface area (Å²) in [6.07, 6.45) is 65.0. The van der Waals surface area contributed by atoms with Gasteiger partial charge in [0.25, 0.3) is 0 Å². The minimum atomic E-state index is -4.79. The molecule has 0 aromatic heterocycles. The van der Waals surface area contributed by atoms with Crippen LogP contribution in [0.1, 0.15) is 201 Å². The molecule has 0 rings (SSSR count). The number of esters is 3. The first-order valence-electron chi connectivity index (χ1n) is 27.4. The lowest BCUT2D eigenvalue weighted by Crippen LogP contribution is -2.30. The third-order valence-corrected chi connectivity index (χ3v) is 11.8. The molecule has 0 bridgehead atoms.